The van der Waals surface area contributed by atoms with Crippen LogP contribution in [0.3, 0.4) is 0 Å². The van der Waals surface area contributed by atoms with E-state index in [-0.39, 0.29) is 18.3 Å². The van der Waals surface area contributed by atoms with Crippen LogP contribution in [0, 0.1) is 37.9 Å². The Bertz CT molecular complexity index is 1200. The van der Waals surface area contributed by atoms with E-state index >= 15 is 0 Å². The summed E-state index contributed by atoms with van der Waals surface area (Å²) >= 11 is 0. The lowest BCUT2D eigenvalue weighted by atomic mass is 10.2. The van der Waals surface area contributed by atoms with Gasteiger partial charge in [-0.2, -0.15) is 5.26 Å². The van der Waals surface area contributed by atoms with E-state index in [9.17, 15) is 14.4 Å². The molecule has 1 amide bonds. The van der Waals surface area contributed by atoms with Crippen molar-refractivity contribution in [2.45, 2.75) is 20.8 Å². The first-order chi connectivity index (χ1) is 15.9. The zero-order valence-corrected chi connectivity index (χ0v) is 19.2. The van der Waals surface area contributed by atoms with Gasteiger partial charge in [0.05, 0.1) is 12.1 Å². The normalized spacial score (nSPS) is 14.2. The Morgan fingerprint density at radius 2 is 1.73 bits per heavy atom. The maximum atomic E-state index is 13.4. The van der Waals surface area contributed by atoms with Gasteiger partial charge in [-0.05, 0) is 68.3 Å². The molecule has 1 aliphatic rings. The van der Waals surface area contributed by atoms with Crippen molar-refractivity contribution >= 4 is 17.4 Å². The minimum Gasteiger partial charge on any atom is -0.369 e. The molecule has 1 fully saturated rings. The number of rotatable bonds is 5. The van der Waals surface area contributed by atoms with E-state index in [2.05, 4.69) is 52.4 Å². The molecule has 33 heavy (non-hydrogen) atoms. The van der Waals surface area contributed by atoms with Gasteiger partial charge in [-0.3, -0.25) is 14.3 Å². The average molecular weight is 446 g/mol. The van der Waals surface area contributed by atoms with Gasteiger partial charge in [0.15, 0.2) is 0 Å². The molecule has 1 aliphatic heterocycles. The van der Waals surface area contributed by atoms with Crippen LogP contribution < -0.4 is 10.2 Å². The Morgan fingerprint density at radius 3 is 2.36 bits per heavy atom. The zero-order valence-electron chi connectivity index (χ0n) is 19.2. The average Bonchev–Trinajstić information content (AvgIpc) is 3.03. The van der Waals surface area contributed by atoms with Gasteiger partial charge in [0.1, 0.15) is 17.7 Å². The molecular formula is C26H28FN5O. The second-order valence-corrected chi connectivity index (χ2v) is 8.51. The molecule has 0 radical (unpaired) electrons. The molecule has 1 N–H and O–H groups in total. The largest absolute Gasteiger partial charge is 0.369 e. The van der Waals surface area contributed by atoms with E-state index in [1.165, 1.54) is 23.4 Å². The monoisotopic (exact) mass is 445 g/mol. The summed E-state index contributed by atoms with van der Waals surface area (Å²) in [6.07, 6.45) is 0. The van der Waals surface area contributed by atoms with Crippen molar-refractivity contribution in [2.75, 3.05) is 42.9 Å². The van der Waals surface area contributed by atoms with Crippen LogP contribution in [-0.4, -0.2) is 48.1 Å². The molecule has 0 saturated carbocycles. The fourth-order valence-corrected chi connectivity index (χ4v) is 4.34. The Kier molecular flexibility index (Phi) is 6.47. The highest BCUT2D eigenvalue weighted by Crippen LogP contribution is 2.30. The van der Waals surface area contributed by atoms with Gasteiger partial charge in [0.25, 0.3) is 0 Å². The number of carbonyl (C=O) groups excluding carboxylic acids is 1. The van der Waals surface area contributed by atoms with E-state index in [0.717, 1.165) is 37.4 Å². The molecule has 1 aromatic heterocycles. The fourth-order valence-electron chi connectivity index (χ4n) is 4.34. The summed E-state index contributed by atoms with van der Waals surface area (Å²) in [6, 6.07) is 16.7. The molecule has 2 heterocycles. The number of hydrogen-bond donors (Lipinski definition) is 1. The summed E-state index contributed by atoms with van der Waals surface area (Å²) in [5, 5.41) is 12.7. The van der Waals surface area contributed by atoms with Crippen molar-refractivity contribution in [3.63, 3.8) is 0 Å². The van der Waals surface area contributed by atoms with Crippen molar-refractivity contribution in [1.29, 1.82) is 5.26 Å². The van der Waals surface area contributed by atoms with Crippen LogP contribution in [0.25, 0.3) is 5.69 Å². The molecule has 0 unspecified atom stereocenters. The maximum Gasteiger partial charge on any atom is 0.239 e. The van der Waals surface area contributed by atoms with E-state index in [1.54, 1.807) is 16.7 Å². The standard InChI is InChI=1S/C26H28FN5O/c1-18-5-4-6-23(15-18)31-13-11-30(12-14-31)17-25(33)29-26-24(16-28)19(2)20(3)32(26)22-9-7-21(27)8-10-22/h4-10,15H,11-14,17H2,1-3H3,(H,29,33). The number of nitrogens with one attached hydrogen (secondary N) is 1. The molecule has 0 spiro atoms. The van der Waals surface area contributed by atoms with E-state index < -0.39 is 0 Å². The number of aryl methyl sites for hydroxylation is 1. The highest BCUT2D eigenvalue weighted by Gasteiger charge is 2.23. The summed E-state index contributed by atoms with van der Waals surface area (Å²) in [5.41, 5.74) is 5.19. The first-order valence-corrected chi connectivity index (χ1v) is 11.1. The number of piperazine rings is 1. The van der Waals surface area contributed by atoms with E-state index in [0.29, 0.717) is 17.1 Å². The smallest absolute Gasteiger partial charge is 0.239 e. The van der Waals surface area contributed by atoms with Gasteiger partial charge >= 0.3 is 0 Å². The van der Waals surface area contributed by atoms with Crippen LogP contribution in [-0.2, 0) is 4.79 Å². The number of aromatic nitrogens is 1. The molecule has 2 aromatic carbocycles. The molecule has 0 bridgehead atoms. The van der Waals surface area contributed by atoms with Crippen molar-refractivity contribution in [2.24, 2.45) is 0 Å². The minimum atomic E-state index is -0.337. The molecule has 1 saturated heterocycles. The second kappa shape index (κ2) is 9.47. The highest BCUT2D eigenvalue weighted by molar-refractivity contribution is 5.93. The topological polar surface area (TPSA) is 64.3 Å². The van der Waals surface area contributed by atoms with Crippen LogP contribution in [0.1, 0.15) is 22.4 Å². The van der Waals surface area contributed by atoms with Crippen molar-refractivity contribution in [1.82, 2.24) is 9.47 Å². The van der Waals surface area contributed by atoms with Crippen molar-refractivity contribution < 1.29 is 9.18 Å². The molecule has 4 rings (SSSR count). The van der Waals surface area contributed by atoms with Gasteiger partial charge in [-0.1, -0.05) is 12.1 Å². The maximum absolute atomic E-state index is 13.4. The number of nitrogens with zero attached hydrogens (tertiary/aromatic N) is 4. The lowest BCUT2D eigenvalue weighted by Gasteiger charge is -2.35. The first-order valence-electron chi connectivity index (χ1n) is 11.1. The van der Waals surface area contributed by atoms with Crippen LogP contribution >= 0.6 is 0 Å². The molecule has 6 nitrogen and oxygen atoms in total. The van der Waals surface area contributed by atoms with Gasteiger partial charge < -0.3 is 10.2 Å². The quantitative estimate of drug-likeness (QED) is 0.640. The number of amides is 1. The van der Waals surface area contributed by atoms with Crippen molar-refractivity contribution in [3.8, 4) is 11.8 Å². The zero-order chi connectivity index (χ0) is 23.5. The molecule has 3 aromatic rings. The van der Waals surface area contributed by atoms with Crippen LogP contribution in [0.2, 0.25) is 0 Å². The summed E-state index contributed by atoms with van der Waals surface area (Å²) in [4.78, 5) is 17.4. The lowest BCUT2D eigenvalue weighted by Crippen LogP contribution is -2.48. The number of hydrogen-bond acceptors (Lipinski definition) is 4. The number of nitriles is 1. The van der Waals surface area contributed by atoms with Gasteiger partial charge in [0.2, 0.25) is 5.91 Å². The molecule has 170 valence electrons. The molecule has 7 heteroatoms. The predicted octanol–water partition coefficient (Wildman–Crippen LogP) is 4.17. The highest BCUT2D eigenvalue weighted by atomic mass is 19.1. The van der Waals surface area contributed by atoms with Crippen LogP contribution in [0.5, 0.6) is 0 Å². The molecule has 0 atom stereocenters. The van der Waals surface area contributed by atoms with Gasteiger partial charge in [-0.25, -0.2) is 4.39 Å². The summed E-state index contributed by atoms with van der Waals surface area (Å²) < 4.78 is 15.2. The number of carbonyl (C=O) groups is 1. The summed E-state index contributed by atoms with van der Waals surface area (Å²) in [5.74, 6) is -0.0740. The van der Waals surface area contributed by atoms with Gasteiger partial charge in [0, 0.05) is 43.2 Å². The molecular weight excluding hydrogens is 417 g/mol. The third-order valence-electron chi connectivity index (χ3n) is 6.27. The SMILES string of the molecule is Cc1cccc(N2CCN(CC(=O)Nc3c(C#N)c(C)c(C)n3-c3ccc(F)cc3)CC2)c1. The fraction of sp³-hybridized carbons (Fsp3) is 0.308. The Labute approximate surface area is 193 Å². The van der Waals surface area contributed by atoms with Gasteiger partial charge in [-0.15, -0.1) is 0 Å². The lowest BCUT2D eigenvalue weighted by molar-refractivity contribution is -0.117. The number of anilines is 2. The third-order valence-corrected chi connectivity index (χ3v) is 6.27. The minimum absolute atomic E-state index is 0.170. The van der Waals surface area contributed by atoms with Crippen LogP contribution in [0.15, 0.2) is 48.5 Å². The van der Waals surface area contributed by atoms with E-state index in [4.69, 9.17) is 0 Å². The Morgan fingerprint density at radius 1 is 1.03 bits per heavy atom. The number of halogens is 1. The Hall–Kier alpha value is -3.63. The number of benzene rings is 2. The predicted molar refractivity (Wildman–Crippen MR) is 128 cm³/mol. The molecule has 0 aliphatic carbocycles. The van der Waals surface area contributed by atoms with E-state index in [1.807, 2.05) is 13.8 Å². The summed E-state index contributed by atoms with van der Waals surface area (Å²) in [7, 11) is 0. The first kappa shape index (κ1) is 22.6. The van der Waals surface area contributed by atoms with Crippen molar-refractivity contribution in [3.05, 3.63) is 76.7 Å². The summed E-state index contributed by atoms with van der Waals surface area (Å²) in [6.45, 7) is 9.35. The van der Waals surface area contributed by atoms with Crippen LogP contribution in [0.4, 0.5) is 15.9 Å². The third kappa shape index (κ3) is 4.76. The Balaban J connectivity index is 1.46. The second-order valence-electron chi connectivity index (χ2n) is 8.51.